The SMILES string of the molecule is COc1c(C(=O)C(C)c2ccccc2)ccc2c1C=CC(C)(C)O2. The van der Waals surface area contributed by atoms with Crippen molar-refractivity contribution in [2.24, 2.45) is 0 Å². The molecule has 24 heavy (non-hydrogen) atoms. The summed E-state index contributed by atoms with van der Waals surface area (Å²) in [5, 5.41) is 0. The van der Waals surface area contributed by atoms with Gasteiger partial charge in [-0.25, -0.2) is 0 Å². The molecule has 0 amide bonds. The van der Waals surface area contributed by atoms with Gasteiger partial charge < -0.3 is 9.47 Å². The van der Waals surface area contributed by atoms with E-state index in [4.69, 9.17) is 9.47 Å². The Morgan fingerprint density at radius 1 is 1.12 bits per heavy atom. The van der Waals surface area contributed by atoms with E-state index in [0.29, 0.717) is 11.3 Å². The summed E-state index contributed by atoms with van der Waals surface area (Å²) in [5.41, 5.74) is 2.04. The normalized spacial score (nSPS) is 16.0. The molecule has 1 aliphatic heterocycles. The first-order valence-corrected chi connectivity index (χ1v) is 8.11. The van der Waals surface area contributed by atoms with Crippen LogP contribution in [0.4, 0.5) is 0 Å². The zero-order valence-electron chi connectivity index (χ0n) is 14.5. The molecule has 1 atom stereocenters. The molecule has 1 aliphatic rings. The fourth-order valence-electron chi connectivity index (χ4n) is 2.97. The first kappa shape index (κ1) is 16.3. The van der Waals surface area contributed by atoms with Gasteiger partial charge in [0.25, 0.3) is 0 Å². The van der Waals surface area contributed by atoms with E-state index < -0.39 is 0 Å². The highest BCUT2D eigenvalue weighted by molar-refractivity contribution is 6.04. The summed E-state index contributed by atoms with van der Waals surface area (Å²) >= 11 is 0. The van der Waals surface area contributed by atoms with Crippen molar-refractivity contribution >= 4 is 11.9 Å². The Balaban J connectivity index is 2.02. The van der Waals surface area contributed by atoms with Gasteiger partial charge in [0.1, 0.15) is 17.1 Å². The van der Waals surface area contributed by atoms with Crippen molar-refractivity contribution in [3.05, 3.63) is 65.2 Å². The summed E-state index contributed by atoms with van der Waals surface area (Å²) in [5.74, 6) is 1.12. The smallest absolute Gasteiger partial charge is 0.173 e. The fourth-order valence-corrected chi connectivity index (χ4v) is 2.97. The molecular formula is C21H22O3. The average Bonchev–Trinajstić information content (AvgIpc) is 2.59. The van der Waals surface area contributed by atoms with E-state index in [1.807, 2.05) is 69.3 Å². The molecular weight excluding hydrogens is 300 g/mol. The number of carbonyl (C=O) groups excluding carboxylic acids is 1. The topological polar surface area (TPSA) is 35.5 Å². The van der Waals surface area contributed by atoms with Crippen LogP contribution in [-0.4, -0.2) is 18.5 Å². The summed E-state index contributed by atoms with van der Waals surface area (Å²) in [6, 6.07) is 13.4. The standard InChI is InChI=1S/C21H22O3/c1-14(15-8-6-5-7-9-15)19(22)17-10-11-18-16(20(17)23-4)12-13-21(2,3)24-18/h5-14H,1-4H3. The van der Waals surface area contributed by atoms with Crippen LogP contribution in [-0.2, 0) is 0 Å². The van der Waals surface area contributed by atoms with E-state index in [9.17, 15) is 4.79 Å². The number of ketones is 1. The predicted octanol–water partition coefficient (Wildman–Crippen LogP) is 4.87. The monoisotopic (exact) mass is 322 g/mol. The van der Waals surface area contributed by atoms with Gasteiger partial charge in [-0.2, -0.15) is 0 Å². The summed E-state index contributed by atoms with van der Waals surface area (Å²) in [4.78, 5) is 13.0. The lowest BCUT2D eigenvalue weighted by molar-refractivity contribution is 0.0963. The lowest BCUT2D eigenvalue weighted by Gasteiger charge is -2.29. The maximum absolute atomic E-state index is 13.0. The van der Waals surface area contributed by atoms with Crippen molar-refractivity contribution in [3.63, 3.8) is 0 Å². The number of methoxy groups -OCH3 is 1. The zero-order chi connectivity index (χ0) is 17.3. The molecule has 0 aliphatic carbocycles. The van der Waals surface area contributed by atoms with Crippen LogP contribution < -0.4 is 9.47 Å². The Labute approximate surface area is 142 Å². The molecule has 3 heteroatoms. The van der Waals surface area contributed by atoms with Gasteiger partial charge in [-0.3, -0.25) is 4.79 Å². The zero-order valence-corrected chi connectivity index (χ0v) is 14.5. The molecule has 0 saturated heterocycles. The Morgan fingerprint density at radius 2 is 1.83 bits per heavy atom. The first-order chi connectivity index (χ1) is 11.4. The Morgan fingerprint density at radius 3 is 2.50 bits per heavy atom. The van der Waals surface area contributed by atoms with Crippen molar-refractivity contribution in [2.45, 2.75) is 32.3 Å². The minimum atomic E-state index is -0.360. The number of benzene rings is 2. The largest absolute Gasteiger partial charge is 0.495 e. The van der Waals surface area contributed by atoms with Gasteiger partial charge in [0.15, 0.2) is 5.78 Å². The summed E-state index contributed by atoms with van der Waals surface area (Å²) in [7, 11) is 1.59. The minimum absolute atomic E-state index is 0.0408. The third-order valence-electron chi connectivity index (χ3n) is 4.34. The van der Waals surface area contributed by atoms with Gasteiger partial charge in [0.2, 0.25) is 0 Å². The molecule has 1 heterocycles. The molecule has 3 nitrogen and oxygen atoms in total. The quantitative estimate of drug-likeness (QED) is 0.754. The van der Waals surface area contributed by atoms with Crippen molar-refractivity contribution in [3.8, 4) is 11.5 Å². The van der Waals surface area contributed by atoms with Gasteiger partial charge in [0, 0.05) is 5.92 Å². The van der Waals surface area contributed by atoms with Crippen molar-refractivity contribution in [1.29, 1.82) is 0 Å². The van der Waals surface area contributed by atoms with Crippen LogP contribution in [0.15, 0.2) is 48.5 Å². The molecule has 0 saturated carbocycles. The number of ether oxygens (including phenoxy) is 2. The Kier molecular flexibility index (Phi) is 4.18. The molecule has 0 radical (unpaired) electrons. The van der Waals surface area contributed by atoms with E-state index in [0.717, 1.165) is 16.9 Å². The third kappa shape index (κ3) is 2.94. The fraction of sp³-hybridized carbons (Fsp3) is 0.286. The Bertz CT molecular complexity index is 788. The molecule has 124 valence electrons. The number of Topliss-reactive ketones (excluding diaryl/α,β-unsaturated/α-hetero) is 1. The van der Waals surface area contributed by atoms with Crippen LogP contribution in [0.3, 0.4) is 0 Å². The molecule has 0 spiro atoms. The van der Waals surface area contributed by atoms with Crippen molar-refractivity contribution in [2.75, 3.05) is 7.11 Å². The highest BCUT2D eigenvalue weighted by Crippen LogP contribution is 2.40. The lowest BCUT2D eigenvalue weighted by atomic mass is 9.90. The first-order valence-electron chi connectivity index (χ1n) is 8.11. The Hall–Kier alpha value is -2.55. The van der Waals surface area contributed by atoms with E-state index in [-0.39, 0.29) is 17.3 Å². The van der Waals surface area contributed by atoms with E-state index in [1.54, 1.807) is 13.2 Å². The van der Waals surface area contributed by atoms with Gasteiger partial charge >= 0.3 is 0 Å². The van der Waals surface area contributed by atoms with Gasteiger partial charge in [-0.1, -0.05) is 37.3 Å². The molecule has 0 N–H and O–H groups in total. The van der Waals surface area contributed by atoms with Crippen molar-refractivity contribution < 1.29 is 14.3 Å². The van der Waals surface area contributed by atoms with Gasteiger partial charge in [-0.15, -0.1) is 0 Å². The van der Waals surface area contributed by atoms with E-state index >= 15 is 0 Å². The molecule has 2 aromatic rings. The van der Waals surface area contributed by atoms with Crippen molar-refractivity contribution in [1.82, 2.24) is 0 Å². The van der Waals surface area contributed by atoms with Crippen LogP contribution in [0.1, 0.15) is 48.2 Å². The van der Waals surface area contributed by atoms with Crippen LogP contribution in [0.5, 0.6) is 11.5 Å². The van der Waals surface area contributed by atoms with Crippen LogP contribution in [0.2, 0.25) is 0 Å². The summed E-state index contributed by atoms with van der Waals surface area (Å²) < 4.78 is 11.5. The number of carbonyl (C=O) groups is 1. The van der Waals surface area contributed by atoms with Crippen LogP contribution >= 0.6 is 0 Å². The second kappa shape index (κ2) is 6.16. The summed E-state index contributed by atoms with van der Waals surface area (Å²) in [6.07, 6.45) is 3.95. The second-order valence-electron chi connectivity index (χ2n) is 6.59. The summed E-state index contributed by atoms with van der Waals surface area (Å²) in [6.45, 7) is 5.91. The van der Waals surface area contributed by atoms with Crippen LogP contribution in [0, 0.1) is 0 Å². The molecule has 0 fully saturated rings. The van der Waals surface area contributed by atoms with Gasteiger partial charge in [0.05, 0.1) is 18.2 Å². The van der Waals surface area contributed by atoms with E-state index in [1.165, 1.54) is 0 Å². The predicted molar refractivity (Wildman–Crippen MR) is 95.9 cm³/mol. The molecule has 0 aromatic heterocycles. The highest BCUT2D eigenvalue weighted by atomic mass is 16.5. The number of hydrogen-bond acceptors (Lipinski definition) is 3. The molecule has 2 aromatic carbocycles. The third-order valence-corrected chi connectivity index (χ3v) is 4.34. The minimum Gasteiger partial charge on any atom is -0.495 e. The van der Waals surface area contributed by atoms with Crippen LogP contribution in [0.25, 0.3) is 6.08 Å². The maximum atomic E-state index is 13.0. The molecule has 0 bridgehead atoms. The molecule has 3 rings (SSSR count). The number of fused-ring (bicyclic) bond motifs is 1. The van der Waals surface area contributed by atoms with Gasteiger partial charge in [-0.05, 0) is 43.7 Å². The maximum Gasteiger partial charge on any atom is 0.173 e. The average molecular weight is 322 g/mol. The van der Waals surface area contributed by atoms with E-state index in [2.05, 4.69) is 0 Å². The second-order valence-corrected chi connectivity index (χ2v) is 6.59. The highest BCUT2D eigenvalue weighted by Gasteiger charge is 2.28. The number of rotatable bonds is 4. The molecule has 1 unspecified atom stereocenters. The lowest BCUT2D eigenvalue weighted by Crippen LogP contribution is -2.27. The number of hydrogen-bond donors (Lipinski definition) is 0.